The maximum Gasteiger partial charge on any atom is 0.128 e. The summed E-state index contributed by atoms with van der Waals surface area (Å²) in [4.78, 5) is 9.48. The average Bonchev–Trinajstić information content (AvgIpc) is 3.26. The van der Waals surface area contributed by atoms with E-state index in [1.54, 1.807) is 0 Å². The molecule has 2 fully saturated rings. The van der Waals surface area contributed by atoms with Crippen molar-refractivity contribution in [3.8, 4) is 0 Å². The van der Waals surface area contributed by atoms with Crippen LogP contribution in [0.5, 0.6) is 0 Å². The van der Waals surface area contributed by atoms with Crippen molar-refractivity contribution in [2.24, 2.45) is 0 Å². The fraction of sp³-hybridized carbons (Fsp3) is 0.600. The van der Waals surface area contributed by atoms with Crippen molar-refractivity contribution < 1.29 is 0 Å². The van der Waals surface area contributed by atoms with Crippen LogP contribution in [0.25, 0.3) is 0 Å². The second-order valence-corrected chi connectivity index (χ2v) is 7.61. The minimum absolute atomic E-state index is 0.636. The first-order valence-corrected chi connectivity index (χ1v) is 9.63. The molecule has 0 radical (unpaired) electrons. The lowest BCUT2D eigenvalue weighted by atomic mass is 10.2. The van der Waals surface area contributed by atoms with E-state index in [-0.39, 0.29) is 0 Å². The highest BCUT2D eigenvalue weighted by Gasteiger charge is 2.22. The quantitative estimate of drug-likeness (QED) is 0.856. The second-order valence-electron chi connectivity index (χ2n) is 7.61. The van der Waals surface area contributed by atoms with Gasteiger partial charge >= 0.3 is 0 Å². The van der Waals surface area contributed by atoms with Crippen LogP contribution < -0.4 is 4.90 Å². The molecule has 25 heavy (non-hydrogen) atoms. The van der Waals surface area contributed by atoms with Crippen molar-refractivity contribution in [3.05, 3.63) is 41.3 Å². The van der Waals surface area contributed by atoms with Gasteiger partial charge in [-0.1, -0.05) is 12.8 Å². The number of pyridine rings is 1. The fourth-order valence-corrected chi connectivity index (χ4v) is 4.10. The molecule has 1 aliphatic heterocycles. The van der Waals surface area contributed by atoms with Crippen molar-refractivity contribution >= 4 is 5.82 Å². The maximum atomic E-state index is 4.80. The predicted molar refractivity (Wildman–Crippen MR) is 101 cm³/mol. The molecule has 0 N–H and O–H groups in total. The molecule has 1 aliphatic carbocycles. The lowest BCUT2D eigenvalue weighted by molar-refractivity contribution is 0.248. The summed E-state index contributed by atoms with van der Waals surface area (Å²) in [5, 5.41) is 4.80. The van der Waals surface area contributed by atoms with Gasteiger partial charge in [0, 0.05) is 50.7 Å². The van der Waals surface area contributed by atoms with Gasteiger partial charge in [0.25, 0.3) is 0 Å². The molecule has 0 bridgehead atoms. The lowest BCUT2D eigenvalue weighted by Crippen LogP contribution is -2.46. The second kappa shape index (κ2) is 7.16. The first-order chi connectivity index (χ1) is 12.2. The van der Waals surface area contributed by atoms with Gasteiger partial charge in [0.15, 0.2) is 0 Å². The Kier molecular flexibility index (Phi) is 4.75. The minimum Gasteiger partial charge on any atom is -0.354 e. The topological polar surface area (TPSA) is 37.2 Å². The summed E-state index contributed by atoms with van der Waals surface area (Å²) in [6.45, 7) is 9.58. The van der Waals surface area contributed by atoms with E-state index in [0.717, 1.165) is 38.5 Å². The Bertz CT molecular complexity index is 709. The van der Waals surface area contributed by atoms with Gasteiger partial charge in [0.05, 0.1) is 11.7 Å². The summed E-state index contributed by atoms with van der Waals surface area (Å²) in [6, 6.07) is 4.88. The fourth-order valence-electron chi connectivity index (χ4n) is 4.10. The third-order valence-electron chi connectivity index (χ3n) is 5.71. The number of hydrogen-bond donors (Lipinski definition) is 0. The Morgan fingerprint density at radius 3 is 2.56 bits per heavy atom. The molecule has 5 nitrogen and oxygen atoms in total. The first kappa shape index (κ1) is 16.6. The lowest BCUT2D eigenvalue weighted by Gasteiger charge is -2.35. The van der Waals surface area contributed by atoms with Crippen molar-refractivity contribution in [3.63, 3.8) is 0 Å². The molecule has 2 aromatic rings. The molecular formula is C20H29N5. The largest absolute Gasteiger partial charge is 0.354 e. The summed E-state index contributed by atoms with van der Waals surface area (Å²) < 4.78 is 2.24. The Labute approximate surface area is 150 Å². The van der Waals surface area contributed by atoms with Gasteiger partial charge in [-0.3, -0.25) is 9.58 Å². The summed E-state index contributed by atoms with van der Waals surface area (Å²) in [5.41, 5.74) is 3.88. The molecule has 0 unspecified atom stereocenters. The smallest absolute Gasteiger partial charge is 0.128 e. The van der Waals surface area contributed by atoms with E-state index in [1.165, 1.54) is 42.5 Å². The van der Waals surface area contributed by atoms with Crippen molar-refractivity contribution in [1.29, 1.82) is 0 Å². The Morgan fingerprint density at radius 1 is 1.08 bits per heavy atom. The van der Waals surface area contributed by atoms with Gasteiger partial charge in [-0.25, -0.2) is 4.98 Å². The molecule has 0 atom stereocenters. The van der Waals surface area contributed by atoms with Crippen LogP contribution in [0, 0.1) is 13.8 Å². The van der Waals surface area contributed by atoms with Gasteiger partial charge in [0.2, 0.25) is 0 Å². The molecular weight excluding hydrogens is 310 g/mol. The zero-order valence-corrected chi connectivity index (χ0v) is 15.5. The molecule has 0 spiro atoms. The van der Waals surface area contributed by atoms with E-state index >= 15 is 0 Å². The van der Waals surface area contributed by atoms with Crippen molar-refractivity contribution in [2.75, 3.05) is 31.1 Å². The monoisotopic (exact) mass is 339 g/mol. The van der Waals surface area contributed by atoms with Gasteiger partial charge in [-0.15, -0.1) is 0 Å². The number of anilines is 1. The number of aromatic nitrogens is 3. The van der Waals surface area contributed by atoms with Gasteiger partial charge < -0.3 is 4.90 Å². The summed E-state index contributed by atoms with van der Waals surface area (Å²) in [5.74, 6) is 1.12. The highest BCUT2D eigenvalue weighted by molar-refractivity contribution is 5.41. The maximum absolute atomic E-state index is 4.80. The van der Waals surface area contributed by atoms with Gasteiger partial charge in [-0.05, 0) is 44.4 Å². The number of aryl methyl sites for hydroxylation is 2. The molecule has 4 rings (SSSR count). The van der Waals surface area contributed by atoms with E-state index < -0.39 is 0 Å². The van der Waals surface area contributed by atoms with Crippen LogP contribution in [0.3, 0.4) is 0 Å². The Balaban J connectivity index is 1.35. The van der Waals surface area contributed by atoms with Crippen molar-refractivity contribution in [2.45, 2.75) is 52.1 Å². The number of piperazine rings is 1. The third-order valence-corrected chi connectivity index (χ3v) is 5.71. The van der Waals surface area contributed by atoms with Gasteiger partial charge in [0.1, 0.15) is 5.82 Å². The summed E-state index contributed by atoms with van der Waals surface area (Å²) in [6.07, 6.45) is 9.52. The highest BCUT2D eigenvalue weighted by atomic mass is 15.3. The Morgan fingerprint density at radius 2 is 1.84 bits per heavy atom. The zero-order chi connectivity index (χ0) is 17.2. The third kappa shape index (κ3) is 3.71. The first-order valence-electron chi connectivity index (χ1n) is 9.63. The van der Waals surface area contributed by atoms with Crippen LogP contribution >= 0.6 is 0 Å². The molecule has 2 aromatic heterocycles. The molecule has 3 heterocycles. The Hall–Kier alpha value is -1.88. The molecule has 0 aromatic carbocycles. The molecule has 134 valence electrons. The predicted octanol–water partition coefficient (Wildman–Crippen LogP) is 3.33. The minimum atomic E-state index is 0.636. The molecule has 1 saturated heterocycles. The SMILES string of the molecule is Cc1ccnc(N2CCN(Cc3cn(C4CCCC4)nc3C)CC2)c1. The standard InChI is InChI=1S/C20H29N5/c1-16-7-8-21-20(13-16)24-11-9-23(10-12-24)14-18-15-25(22-17(18)2)19-5-3-4-6-19/h7-8,13,15,19H,3-6,9-12,14H2,1-2H3. The molecule has 0 amide bonds. The van der Waals surface area contributed by atoms with Crippen LogP contribution in [-0.4, -0.2) is 45.8 Å². The zero-order valence-electron chi connectivity index (χ0n) is 15.5. The van der Waals surface area contributed by atoms with Crippen LogP contribution in [0.1, 0.15) is 48.5 Å². The average molecular weight is 339 g/mol. The van der Waals surface area contributed by atoms with Crippen LogP contribution in [0.15, 0.2) is 24.5 Å². The van der Waals surface area contributed by atoms with Gasteiger partial charge in [-0.2, -0.15) is 5.10 Å². The van der Waals surface area contributed by atoms with Crippen LogP contribution in [-0.2, 0) is 6.54 Å². The van der Waals surface area contributed by atoms with E-state index in [9.17, 15) is 0 Å². The number of rotatable bonds is 4. The summed E-state index contributed by atoms with van der Waals surface area (Å²) in [7, 11) is 0. The number of nitrogens with zero attached hydrogens (tertiary/aromatic N) is 5. The molecule has 2 aliphatic rings. The van der Waals surface area contributed by atoms with E-state index in [4.69, 9.17) is 5.10 Å². The molecule has 5 heteroatoms. The van der Waals surface area contributed by atoms with E-state index in [2.05, 4.69) is 51.6 Å². The van der Waals surface area contributed by atoms with Crippen LogP contribution in [0.2, 0.25) is 0 Å². The van der Waals surface area contributed by atoms with Crippen LogP contribution in [0.4, 0.5) is 5.82 Å². The normalized spacial score (nSPS) is 19.7. The van der Waals surface area contributed by atoms with E-state index in [0.29, 0.717) is 6.04 Å². The molecule has 1 saturated carbocycles. The van der Waals surface area contributed by atoms with Crippen molar-refractivity contribution in [1.82, 2.24) is 19.7 Å². The highest BCUT2D eigenvalue weighted by Crippen LogP contribution is 2.29. The number of hydrogen-bond acceptors (Lipinski definition) is 4. The van der Waals surface area contributed by atoms with E-state index in [1.807, 2.05) is 6.20 Å². The summed E-state index contributed by atoms with van der Waals surface area (Å²) >= 11 is 0.